The van der Waals surface area contributed by atoms with Crippen molar-refractivity contribution in [3.05, 3.63) is 49.2 Å². The lowest BCUT2D eigenvalue weighted by Gasteiger charge is -2.10. The average molecular weight is 400 g/mol. The van der Waals surface area contributed by atoms with Crippen LogP contribution < -0.4 is 15.0 Å². The van der Waals surface area contributed by atoms with E-state index in [1.54, 1.807) is 14.2 Å². The van der Waals surface area contributed by atoms with Crippen molar-refractivity contribution < 1.29 is 9.47 Å². The maximum Gasteiger partial charge on any atom is 0.264 e. The van der Waals surface area contributed by atoms with Crippen LogP contribution in [0.25, 0.3) is 0 Å². The van der Waals surface area contributed by atoms with Crippen LogP contribution in [0.2, 0.25) is 0 Å². The van der Waals surface area contributed by atoms with Crippen molar-refractivity contribution in [2.75, 3.05) is 14.2 Å². The molecule has 1 aromatic carbocycles. The predicted octanol–water partition coefficient (Wildman–Crippen LogP) is 2.54. The molecule has 0 aliphatic carbocycles. The molecule has 0 saturated heterocycles. The highest BCUT2D eigenvalue weighted by Crippen LogP contribution is 2.28. The molecule has 0 bridgehead atoms. The number of rotatable bonds is 5. The molecule has 5 nitrogen and oxygen atoms in total. The van der Waals surface area contributed by atoms with Crippen LogP contribution in [0.3, 0.4) is 0 Å². The number of hydrogen-bond acceptors (Lipinski definition) is 4. The van der Waals surface area contributed by atoms with Crippen molar-refractivity contribution >= 4 is 22.6 Å². The topological polar surface area (TPSA) is 64.2 Å². The summed E-state index contributed by atoms with van der Waals surface area (Å²) in [5.74, 6) is 2.00. The van der Waals surface area contributed by atoms with Crippen LogP contribution in [-0.2, 0) is 12.8 Å². The molecule has 0 radical (unpaired) electrons. The number of nitrogens with zero attached hydrogens (tertiary/aromatic N) is 1. The Morgan fingerprint density at radius 2 is 1.95 bits per heavy atom. The maximum absolute atomic E-state index is 11.9. The van der Waals surface area contributed by atoms with E-state index in [0.717, 1.165) is 17.7 Å². The highest BCUT2D eigenvalue weighted by atomic mass is 127. The first-order chi connectivity index (χ1) is 10.1. The van der Waals surface area contributed by atoms with Crippen LogP contribution in [0.1, 0.15) is 24.0 Å². The van der Waals surface area contributed by atoms with E-state index < -0.39 is 0 Å². The average Bonchev–Trinajstić information content (AvgIpc) is 2.50. The predicted molar refractivity (Wildman–Crippen MR) is 89.3 cm³/mol. The van der Waals surface area contributed by atoms with Gasteiger partial charge >= 0.3 is 0 Å². The number of hydrogen-bond donors (Lipinski definition) is 1. The van der Waals surface area contributed by atoms with E-state index in [-0.39, 0.29) is 5.56 Å². The maximum atomic E-state index is 11.9. The number of methoxy groups -OCH3 is 2. The Bertz CT molecular complexity index is 698. The van der Waals surface area contributed by atoms with Gasteiger partial charge in [-0.15, -0.1) is 0 Å². The molecular formula is C15H17IN2O3. The van der Waals surface area contributed by atoms with Gasteiger partial charge in [0.1, 0.15) is 5.82 Å². The van der Waals surface area contributed by atoms with Crippen molar-refractivity contribution in [3.63, 3.8) is 0 Å². The van der Waals surface area contributed by atoms with Crippen molar-refractivity contribution in [2.24, 2.45) is 0 Å². The first-order valence-corrected chi connectivity index (χ1v) is 7.65. The van der Waals surface area contributed by atoms with Crippen molar-refractivity contribution in [1.29, 1.82) is 0 Å². The smallest absolute Gasteiger partial charge is 0.264 e. The van der Waals surface area contributed by atoms with Crippen LogP contribution in [0, 0.1) is 3.57 Å². The molecule has 1 heterocycles. The molecule has 0 amide bonds. The summed E-state index contributed by atoms with van der Waals surface area (Å²) >= 11 is 2.03. The SMILES string of the molecule is CCc1nc(Cc2ccc(OC)c(OC)c2)[nH]c(=O)c1I. The van der Waals surface area contributed by atoms with Gasteiger partial charge in [0.25, 0.3) is 5.56 Å². The standard InChI is InChI=1S/C15H17IN2O3/c1-4-10-14(16)15(19)18-13(17-10)8-9-5-6-11(20-2)12(7-9)21-3/h5-7H,4,8H2,1-3H3,(H,17,18,19). The number of H-pyrrole nitrogens is 1. The van der Waals surface area contributed by atoms with Gasteiger partial charge in [0, 0.05) is 6.42 Å². The summed E-state index contributed by atoms with van der Waals surface area (Å²) in [5, 5.41) is 0. The highest BCUT2D eigenvalue weighted by Gasteiger charge is 2.10. The van der Waals surface area contributed by atoms with Crippen LogP contribution in [0.15, 0.2) is 23.0 Å². The Morgan fingerprint density at radius 3 is 2.57 bits per heavy atom. The molecule has 112 valence electrons. The lowest BCUT2D eigenvalue weighted by atomic mass is 10.1. The van der Waals surface area contributed by atoms with Gasteiger partial charge in [0.2, 0.25) is 0 Å². The zero-order valence-electron chi connectivity index (χ0n) is 12.2. The Balaban J connectivity index is 2.34. The second kappa shape index (κ2) is 6.93. The molecule has 0 aliphatic rings. The summed E-state index contributed by atoms with van der Waals surface area (Å²) in [6, 6.07) is 5.67. The zero-order chi connectivity index (χ0) is 15.4. The Morgan fingerprint density at radius 1 is 1.24 bits per heavy atom. The fourth-order valence-corrected chi connectivity index (χ4v) is 2.70. The lowest BCUT2D eigenvalue weighted by molar-refractivity contribution is 0.354. The second-order valence-electron chi connectivity index (χ2n) is 4.49. The first-order valence-electron chi connectivity index (χ1n) is 6.57. The van der Waals surface area contributed by atoms with Gasteiger partial charge in [0.05, 0.1) is 23.5 Å². The molecule has 0 aliphatic heterocycles. The van der Waals surface area contributed by atoms with E-state index in [1.165, 1.54) is 0 Å². The number of aryl methyl sites for hydroxylation is 1. The Kier molecular flexibility index (Phi) is 5.22. The van der Waals surface area contributed by atoms with E-state index in [2.05, 4.69) is 9.97 Å². The summed E-state index contributed by atoms with van der Waals surface area (Å²) in [4.78, 5) is 19.2. The van der Waals surface area contributed by atoms with E-state index in [1.807, 2.05) is 47.7 Å². The molecule has 0 unspecified atom stereocenters. The molecule has 2 aromatic rings. The third kappa shape index (κ3) is 3.55. The van der Waals surface area contributed by atoms with Crippen LogP contribution in [0.4, 0.5) is 0 Å². The molecule has 0 saturated carbocycles. The van der Waals surface area contributed by atoms with Gasteiger partial charge in [0.15, 0.2) is 11.5 Å². The monoisotopic (exact) mass is 400 g/mol. The number of ether oxygens (including phenoxy) is 2. The molecular weight excluding hydrogens is 383 g/mol. The van der Waals surface area contributed by atoms with Crippen molar-refractivity contribution in [3.8, 4) is 11.5 Å². The van der Waals surface area contributed by atoms with Crippen LogP contribution >= 0.6 is 22.6 Å². The summed E-state index contributed by atoms with van der Waals surface area (Å²) in [6.45, 7) is 1.99. The Labute approximate surface area is 136 Å². The minimum Gasteiger partial charge on any atom is -0.493 e. The fourth-order valence-electron chi connectivity index (χ4n) is 2.06. The van der Waals surface area contributed by atoms with Gasteiger partial charge in [-0.3, -0.25) is 4.79 Å². The van der Waals surface area contributed by atoms with Gasteiger partial charge in [-0.25, -0.2) is 4.98 Å². The van der Waals surface area contributed by atoms with E-state index in [9.17, 15) is 4.79 Å². The quantitative estimate of drug-likeness (QED) is 0.784. The zero-order valence-corrected chi connectivity index (χ0v) is 14.4. The largest absolute Gasteiger partial charge is 0.493 e. The Hall–Kier alpha value is -1.57. The lowest BCUT2D eigenvalue weighted by Crippen LogP contribution is -2.18. The number of benzene rings is 1. The molecule has 1 N–H and O–H groups in total. The number of aromatic amines is 1. The third-order valence-electron chi connectivity index (χ3n) is 3.13. The minimum atomic E-state index is -0.0853. The van der Waals surface area contributed by atoms with Crippen molar-refractivity contribution in [1.82, 2.24) is 9.97 Å². The molecule has 2 rings (SSSR count). The second-order valence-corrected chi connectivity index (χ2v) is 5.57. The molecule has 0 atom stereocenters. The van der Waals surface area contributed by atoms with E-state index in [0.29, 0.717) is 27.3 Å². The fraction of sp³-hybridized carbons (Fsp3) is 0.333. The first kappa shape index (κ1) is 15.8. The molecule has 0 fully saturated rings. The molecule has 1 aromatic heterocycles. The van der Waals surface area contributed by atoms with Gasteiger partial charge in [-0.2, -0.15) is 0 Å². The summed E-state index contributed by atoms with van der Waals surface area (Å²) in [5.41, 5.74) is 1.74. The summed E-state index contributed by atoms with van der Waals surface area (Å²) < 4.78 is 11.2. The molecule has 0 spiro atoms. The summed E-state index contributed by atoms with van der Waals surface area (Å²) in [6.07, 6.45) is 1.28. The summed E-state index contributed by atoms with van der Waals surface area (Å²) in [7, 11) is 3.20. The molecule has 6 heteroatoms. The third-order valence-corrected chi connectivity index (χ3v) is 4.25. The van der Waals surface area contributed by atoms with Crippen LogP contribution in [0.5, 0.6) is 11.5 Å². The number of aromatic nitrogens is 2. The van der Waals surface area contributed by atoms with E-state index >= 15 is 0 Å². The number of halogens is 1. The van der Waals surface area contributed by atoms with Gasteiger partial charge in [-0.05, 0) is 46.7 Å². The minimum absolute atomic E-state index is 0.0853. The van der Waals surface area contributed by atoms with Gasteiger partial charge < -0.3 is 14.5 Å². The van der Waals surface area contributed by atoms with Crippen molar-refractivity contribution in [2.45, 2.75) is 19.8 Å². The van der Waals surface area contributed by atoms with E-state index in [4.69, 9.17) is 9.47 Å². The normalized spacial score (nSPS) is 10.5. The van der Waals surface area contributed by atoms with Gasteiger partial charge in [-0.1, -0.05) is 13.0 Å². The highest BCUT2D eigenvalue weighted by molar-refractivity contribution is 14.1. The van der Waals surface area contributed by atoms with Crippen LogP contribution in [-0.4, -0.2) is 24.2 Å². The number of nitrogens with one attached hydrogen (secondary N) is 1. The molecule has 21 heavy (non-hydrogen) atoms.